The molecule has 3 heterocycles. The highest BCUT2D eigenvalue weighted by atomic mass is 19.1. The van der Waals surface area contributed by atoms with E-state index in [-0.39, 0.29) is 34.8 Å². The highest BCUT2D eigenvalue weighted by molar-refractivity contribution is 5.88. The molecule has 0 radical (unpaired) electrons. The zero-order chi connectivity index (χ0) is 25.4. The molecule has 8 nitrogen and oxygen atoms in total. The maximum Gasteiger partial charge on any atom is 0.254 e. The van der Waals surface area contributed by atoms with Crippen molar-refractivity contribution >= 4 is 27.4 Å². The molecule has 1 aliphatic heterocycles. The molecule has 1 fully saturated rings. The number of aromatic nitrogens is 3. The van der Waals surface area contributed by atoms with Gasteiger partial charge in [-0.15, -0.1) is 10.2 Å². The highest BCUT2D eigenvalue weighted by Gasteiger charge is 2.21. The molecule has 3 aromatic carbocycles. The summed E-state index contributed by atoms with van der Waals surface area (Å²) in [5, 5.41) is 13.8. The van der Waals surface area contributed by atoms with Crippen molar-refractivity contribution in [3.05, 3.63) is 82.7 Å². The van der Waals surface area contributed by atoms with Crippen molar-refractivity contribution in [2.45, 2.75) is 20.1 Å². The number of nitrogens with one attached hydrogen (secondary N) is 1. The number of hydrogen-bond donors (Lipinski definition) is 1. The summed E-state index contributed by atoms with van der Waals surface area (Å²) in [6.07, 6.45) is 1.70. The second-order valence-electron chi connectivity index (χ2n) is 8.98. The molecule has 188 valence electrons. The number of fused-ring (bicyclic) bond motifs is 2. The SMILES string of the molecule is CCn1cc(-c2nnc(COc3cccc4ccccc34)o2)c(=O)c2cc(F)c(N3CCNCC3)cc21. The molecule has 1 saturated heterocycles. The molecule has 0 atom stereocenters. The molecule has 0 bridgehead atoms. The molecule has 1 aliphatic rings. The number of piperazine rings is 1. The fourth-order valence-corrected chi connectivity index (χ4v) is 4.84. The Morgan fingerprint density at radius 1 is 1.05 bits per heavy atom. The summed E-state index contributed by atoms with van der Waals surface area (Å²) in [7, 11) is 0. The maximum absolute atomic E-state index is 15.2. The van der Waals surface area contributed by atoms with Crippen LogP contribution in [0.5, 0.6) is 5.75 Å². The van der Waals surface area contributed by atoms with Crippen molar-refractivity contribution in [3.8, 4) is 17.2 Å². The number of aryl methyl sites for hydroxylation is 1. The minimum absolute atomic E-state index is 0.0548. The van der Waals surface area contributed by atoms with Gasteiger partial charge in [-0.1, -0.05) is 36.4 Å². The number of nitrogens with zero attached hydrogens (tertiary/aromatic N) is 4. The first kappa shape index (κ1) is 23.2. The van der Waals surface area contributed by atoms with E-state index >= 15 is 4.39 Å². The van der Waals surface area contributed by atoms with Gasteiger partial charge in [0.25, 0.3) is 11.8 Å². The lowest BCUT2D eigenvalue weighted by Crippen LogP contribution is -2.43. The van der Waals surface area contributed by atoms with Gasteiger partial charge in [0.15, 0.2) is 6.61 Å². The molecular weight excluding hydrogens is 473 g/mol. The van der Waals surface area contributed by atoms with E-state index in [9.17, 15) is 4.79 Å². The van der Waals surface area contributed by atoms with Crippen molar-refractivity contribution in [3.63, 3.8) is 0 Å². The Bertz CT molecular complexity index is 1650. The number of pyridine rings is 1. The van der Waals surface area contributed by atoms with Crippen LogP contribution in [-0.2, 0) is 13.2 Å². The zero-order valence-corrected chi connectivity index (χ0v) is 20.4. The number of ether oxygens (including phenoxy) is 1. The van der Waals surface area contributed by atoms with Gasteiger partial charge in [-0.05, 0) is 30.5 Å². The minimum atomic E-state index is -0.416. The topological polar surface area (TPSA) is 85.4 Å². The van der Waals surface area contributed by atoms with E-state index in [2.05, 4.69) is 15.5 Å². The van der Waals surface area contributed by atoms with Crippen LogP contribution in [0, 0.1) is 5.82 Å². The normalized spacial score (nSPS) is 13.9. The molecule has 0 spiro atoms. The fraction of sp³-hybridized carbons (Fsp3) is 0.250. The lowest BCUT2D eigenvalue weighted by Gasteiger charge is -2.30. The Hall–Kier alpha value is -4.24. The Morgan fingerprint density at radius 2 is 1.86 bits per heavy atom. The van der Waals surface area contributed by atoms with E-state index < -0.39 is 5.82 Å². The molecule has 0 aliphatic carbocycles. The van der Waals surface area contributed by atoms with Crippen LogP contribution in [-0.4, -0.2) is 40.9 Å². The van der Waals surface area contributed by atoms with Gasteiger partial charge in [-0.25, -0.2) is 4.39 Å². The third-order valence-corrected chi connectivity index (χ3v) is 6.75. The van der Waals surface area contributed by atoms with Crippen LogP contribution in [0.15, 0.2) is 70.0 Å². The van der Waals surface area contributed by atoms with Gasteiger partial charge in [-0.3, -0.25) is 4.79 Å². The highest BCUT2D eigenvalue weighted by Crippen LogP contribution is 2.28. The van der Waals surface area contributed by atoms with Crippen LogP contribution in [0.4, 0.5) is 10.1 Å². The van der Waals surface area contributed by atoms with E-state index in [1.807, 2.05) is 58.9 Å². The molecule has 37 heavy (non-hydrogen) atoms. The molecule has 9 heteroatoms. The third-order valence-electron chi connectivity index (χ3n) is 6.75. The average molecular weight is 500 g/mol. The second kappa shape index (κ2) is 9.67. The molecule has 0 amide bonds. The van der Waals surface area contributed by atoms with Crippen LogP contribution in [0.25, 0.3) is 33.1 Å². The number of anilines is 1. The smallest absolute Gasteiger partial charge is 0.254 e. The largest absolute Gasteiger partial charge is 0.483 e. The average Bonchev–Trinajstić information content (AvgIpc) is 3.41. The summed E-state index contributed by atoms with van der Waals surface area (Å²) < 4.78 is 28.8. The van der Waals surface area contributed by atoms with E-state index in [0.717, 1.165) is 23.9 Å². The van der Waals surface area contributed by atoms with E-state index in [1.165, 1.54) is 6.07 Å². The quantitative estimate of drug-likeness (QED) is 0.372. The van der Waals surface area contributed by atoms with Gasteiger partial charge in [-0.2, -0.15) is 0 Å². The maximum atomic E-state index is 15.2. The van der Waals surface area contributed by atoms with Crippen LogP contribution >= 0.6 is 0 Å². The summed E-state index contributed by atoms with van der Waals surface area (Å²) in [5.74, 6) is 0.608. The van der Waals surface area contributed by atoms with Gasteiger partial charge >= 0.3 is 0 Å². The lowest BCUT2D eigenvalue weighted by molar-refractivity contribution is 0.267. The third kappa shape index (κ3) is 4.31. The van der Waals surface area contributed by atoms with E-state index in [1.54, 1.807) is 12.3 Å². The van der Waals surface area contributed by atoms with Crippen molar-refractivity contribution in [2.75, 3.05) is 31.1 Å². The van der Waals surface area contributed by atoms with Crippen LogP contribution in [0.1, 0.15) is 12.8 Å². The molecular formula is C28H26FN5O3. The minimum Gasteiger partial charge on any atom is -0.483 e. The Morgan fingerprint density at radius 3 is 2.70 bits per heavy atom. The van der Waals surface area contributed by atoms with Crippen LogP contribution in [0.3, 0.4) is 0 Å². The summed E-state index contributed by atoms with van der Waals surface area (Å²) in [6.45, 7) is 5.62. The first-order chi connectivity index (χ1) is 18.1. The standard InChI is InChI=1S/C28H26FN5O3/c1-2-33-16-21(27(35)20-14-22(29)24(15-23(20)33)34-12-10-30-11-13-34)28-32-31-26(37-28)17-36-25-9-5-7-18-6-3-4-8-19(18)25/h3-9,14-16,30H,2,10-13,17H2,1H3. The first-order valence-electron chi connectivity index (χ1n) is 12.4. The Kier molecular flexibility index (Phi) is 6.05. The number of halogens is 1. The monoisotopic (exact) mass is 499 g/mol. The molecule has 0 saturated carbocycles. The van der Waals surface area contributed by atoms with Crippen LogP contribution < -0.4 is 20.4 Å². The number of rotatable bonds is 6. The number of benzene rings is 3. The van der Waals surface area contributed by atoms with Crippen molar-refractivity contribution in [1.29, 1.82) is 0 Å². The summed E-state index contributed by atoms with van der Waals surface area (Å²) in [5.41, 5.74) is 1.06. The lowest BCUT2D eigenvalue weighted by atomic mass is 10.1. The molecule has 0 unspecified atom stereocenters. The molecule has 6 rings (SSSR count). The van der Waals surface area contributed by atoms with Crippen LogP contribution in [0.2, 0.25) is 0 Å². The van der Waals surface area contributed by atoms with E-state index in [4.69, 9.17) is 9.15 Å². The molecule has 5 aromatic rings. The number of hydrogen-bond acceptors (Lipinski definition) is 7. The second-order valence-corrected chi connectivity index (χ2v) is 8.98. The van der Waals surface area contributed by atoms with Crippen molar-refractivity contribution in [1.82, 2.24) is 20.1 Å². The van der Waals surface area contributed by atoms with Crippen molar-refractivity contribution < 1.29 is 13.5 Å². The predicted molar refractivity (Wildman–Crippen MR) is 140 cm³/mol. The van der Waals surface area contributed by atoms with Gasteiger partial charge in [0.05, 0.1) is 11.2 Å². The van der Waals surface area contributed by atoms with Gasteiger partial charge in [0, 0.05) is 49.7 Å². The first-order valence-corrected chi connectivity index (χ1v) is 12.4. The fourth-order valence-electron chi connectivity index (χ4n) is 4.84. The van der Waals surface area contributed by atoms with Gasteiger partial charge in [0.1, 0.15) is 17.1 Å². The molecule has 1 N–H and O–H groups in total. The van der Waals surface area contributed by atoms with Gasteiger partial charge in [0.2, 0.25) is 5.43 Å². The van der Waals surface area contributed by atoms with E-state index in [0.29, 0.717) is 36.6 Å². The zero-order valence-electron chi connectivity index (χ0n) is 20.4. The summed E-state index contributed by atoms with van der Waals surface area (Å²) >= 11 is 0. The predicted octanol–water partition coefficient (Wildman–Crippen LogP) is 4.35. The molecule has 2 aromatic heterocycles. The summed E-state index contributed by atoms with van der Waals surface area (Å²) in [4.78, 5) is 15.4. The Balaban J connectivity index is 1.32. The Labute approximate surface area is 212 Å². The van der Waals surface area contributed by atoms with Gasteiger partial charge < -0.3 is 23.9 Å². The summed E-state index contributed by atoms with van der Waals surface area (Å²) in [6, 6.07) is 16.8. The van der Waals surface area contributed by atoms with Crippen molar-refractivity contribution in [2.24, 2.45) is 0 Å².